The van der Waals surface area contributed by atoms with Crippen molar-refractivity contribution >= 4 is 34.1 Å². The van der Waals surface area contributed by atoms with Crippen molar-refractivity contribution in [1.82, 2.24) is 0 Å². The van der Waals surface area contributed by atoms with Gasteiger partial charge in [-0.2, -0.15) is 0 Å². The molecule has 3 rings (SSSR count). The number of nitrogens with one attached hydrogen (secondary N) is 1. The highest BCUT2D eigenvalue weighted by Gasteiger charge is 2.39. The molecule has 0 radical (unpaired) electrons. The number of thiophene rings is 1. The highest BCUT2D eigenvalue weighted by atomic mass is 32.1. The van der Waals surface area contributed by atoms with Crippen LogP contribution in [0.5, 0.6) is 0 Å². The molecule has 1 aromatic rings. The minimum Gasteiger partial charge on any atom is -0.481 e. The number of carbonyl (C=O) groups excluding carboxylic acids is 2. The summed E-state index contributed by atoms with van der Waals surface area (Å²) in [5, 5.41) is 13.0. The molecule has 2 aliphatic rings. The summed E-state index contributed by atoms with van der Waals surface area (Å²) in [4.78, 5) is 38.2. The van der Waals surface area contributed by atoms with E-state index in [2.05, 4.69) is 26.1 Å². The summed E-state index contributed by atoms with van der Waals surface area (Å²) < 4.78 is 0. The number of carboxylic acid groups (broad SMARTS) is 1. The number of hydrogen-bond donors (Lipinski definition) is 3. The van der Waals surface area contributed by atoms with E-state index in [1.807, 2.05) is 13.8 Å². The Labute approximate surface area is 181 Å². The molecule has 1 aromatic heterocycles. The lowest BCUT2D eigenvalue weighted by Gasteiger charge is -2.33. The number of anilines is 1. The molecule has 0 saturated heterocycles. The van der Waals surface area contributed by atoms with Gasteiger partial charge in [0.15, 0.2) is 0 Å². The zero-order valence-corrected chi connectivity index (χ0v) is 19.2. The second-order valence-electron chi connectivity index (χ2n) is 9.89. The summed E-state index contributed by atoms with van der Waals surface area (Å²) in [6, 6.07) is 0. The Morgan fingerprint density at radius 1 is 1.07 bits per heavy atom. The summed E-state index contributed by atoms with van der Waals surface area (Å²) in [7, 11) is 0. The number of primary amides is 1. The minimum atomic E-state index is -0.962. The number of aliphatic carboxylic acids is 1. The SMILES string of the molecule is CC1=C(C)CC(C(=O)Nc2sc3c(c2C(N)=O)CCC(C(C)(C)C)C3)C(C(=O)O)C1. The first-order valence-electron chi connectivity index (χ1n) is 10.5. The van der Waals surface area contributed by atoms with Crippen molar-refractivity contribution in [1.29, 1.82) is 0 Å². The van der Waals surface area contributed by atoms with E-state index in [9.17, 15) is 19.5 Å². The van der Waals surface area contributed by atoms with Crippen LogP contribution in [-0.2, 0) is 22.4 Å². The molecule has 1 heterocycles. The predicted molar refractivity (Wildman–Crippen MR) is 119 cm³/mol. The van der Waals surface area contributed by atoms with Crippen LogP contribution in [0.15, 0.2) is 11.1 Å². The maximum Gasteiger partial charge on any atom is 0.307 e. The first-order valence-corrected chi connectivity index (χ1v) is 11.3. The second kappa shape index (κ2) is 8.17. The van der Waals surface area contributed by atoms with Gasteiger partial charge in [0.05, 0.1) is 17.4 Å². The molecule has 164 valence electrons. The Morgan fingerprint density at radius 3 is 2.20 bits per heavy atom. The Hall–Kier alpha value is -2.15. The van der Waals surface area contributed by atoms with Gasteiger partial charge >= 0.3 is 5.97 Å². The molecule has 7 heteroatoms. The van der Waals surface area contributed by atoms with Crippen molar-refractivity contribution in [3.63, 3.8) is 0 Å². The van der Waals surface area contributed by atoms with Crippen molar-refractivity contribution in [3.05, 3.63) is 27.2 Å². The van der Waals surface area contributed by atoms with Gasteiger partial charge in [0.25, 0.3) is 5.91 Å². The predicted octanol–water partition coefficient (Wildman–Crippen LogP) is 4.38. The highest BCUT2D eigenvalue weighted by Crippen LogP contribution is 2.44. The van der Waals surface area contributed by atoms with Gasteiger partial charge in [0, 0.05) is 4.88 Å². The Kier molecular flexibility index (Phi) is 6.14. The van der Waals surface area contributed by atoms with Crippen LogP contribution in [0.1, 0.15) is 74.7 Å². The Balaban J connectivity index is 1.90. The van der Waals surface area contributed by atoms with E-state index in [0.717, 1.165) is 40.8 Å². The quantitative estimate of drug-likeness (QED) is 0.613. The van der Waals surface area contributed by atoms with Crippen LogP contribution in [0.4, 0.5) is 5.00 Å². The van der Waals surface area contributed by atoms with E-state index in [4.69, 9.17) is 5.73 Å². The maximum absolute atomic E-state index is 13.1. The molecule has 2 amide bonds. The van der Waals surface area contributed by atoms with E-state index in [0.29, 0.717) is 29.3 Å². The van der Waals surface area contributed by atoms with Gasteiger partial charge in [-0.3, -0.25) is 14.4 Å². The van der Waals surface area contributed by atoms with Crippen molar-refractivity contribution < 1.29 is 19.5 Å². The number of carbonyl (C=O) groups is 3. The van der Waals surface area contributed by atoms with Gasteiger partial charge in [0.2, 0.25) is 5.91 Å². The van der Waals surface area contributed by atoms with Crippen molar-refractivity contribution in [2.45, 2.75) is 66.7 Å². The van der Waals surface area contributed by atoms with Crippen molar-refractivity contribution in [2.24, 2.45) is 28.9 Å². The third-order valence-electron chi connectivity index (χ3n) is 6.89. The number of carboxylic acids is 1. The number of hydrogen-bond acceptors (Lipinski definition) is 4. The highest BCUT2D eigenvalue weighted by molar-refractivity contribution is 7.17. The molecule has 3 unspecified atom stereocenters. The Bertz CT molecular complexity index is 922. The van der Waals surface area contributed by atoms with Crippen LogP contribution in [0, 0.1) is 23.2 Å². The number of rotatable bonds is 4. The molecule has 6 nitrogen and oxygen atoms in total. The Morgan fingerprint density at radius 2 is 1.67 bits per heavy atom. The third-order valence-corrected chi connectivity index (χ3v) is 8.06. The molecule has 0 bridgehead atoms. The van der Waals surface area contributed by atoms with Crippen molar-refractivity contribution in [3.8, 4) is 0 Å². The number of allylic oxidation sites excluding steroid dienone is 2. The van der Waals surface area contributed by atoms with Crippen LogP contribution in [-0.4, -0.2) is 22.9 Å². The van der Waals surface area contributed by atoms with Crippen LogP contribution in [0.3, 0.4) is 0 Å². The molecule has 0 saturated carbocycles. The van der Waals surface area contributed by atoms with E-state index in [1.54, 1.807) is 0 Å². The molecular formula is C23H32N2O4S. The van der Waals surface area contributed by atoms with Crippen LogP contribution in [0.25, 0.3) is 0 Å². The fraction of sp³-hybridized carbons (Fsp3) is 0.609. The first kappa shape index (κ1) is 22.5. The van der Waals surface area contributed by atoms with Crippen LogP contribution in [0.2, 0.25) is 0 Å². The second-order valence-corrected chi connectivity index (χ2v) is 11.0. The molecule has 0 spiro atoms. The minimum absolute atomic E-state index is 0.163. The molecule has 0 aliphatic heterocycles. The zero-order chi connectivity index (χ0) is 22.4. The lowest BCUT2D eigenvalue weighted by molar-refractivity contribution is -0.146. The molecular weight excluding hydrogens is 400 g/mol. The summed E-state index contributed by atoms with van der Waals surface area (Å²) in [5.74, 6) is -2.77. The van der Waals surface area contributed by atoms with Gasteiger partial charge < -0.3 is 16.2 Å². The molecule has 0 aromatic carbocycles. The van der Waals surface area contributed by atoms with E-state index >= 15 is 0 Å². The average molecular weight is 433 g/mol. The lowest BCUT2D eigenvalue weighted by Crippen LogP contribution is -2.36. The average Bonchev–Trinajstić information content (AvgIpc) is 2.99. The van der Waals surface area contributed by atoms with Gasteiger partial charge in [-0.15, -0.1) is 11.3 Å². The van der Waals surface area contributed by atoms with E-state index in [1.165, 1.54) is 11.3 Å². The summed E-state index contributed by atoms with van der Waals surface area (Å²) in [6.07, 6.45) is 3.40. The van der Waals surface area contributed by atoms with Crippen molar-refractivity contribution in [2.75, 3.05) is 5.32 Å². The fourth-order valence-corrected chi connectivity index (χ4v) is 6.04. The van der Waals surface area contributed by atoms with Gasteiger partial charge in [-0.05, 0) is 62.8 Å². The largest absolute Gasteiger partial charge is 0.481 e. The van der Waals surface area contributed by atoms with Crippen LogP contribution >= 0.6 is 11.3 Å². The van der Waals surface area contributed by atoms with E-state index < -0.39 is 23.7 Å². The summed E-state index contributed by atoms with van der Waals surface area (Å²) in [6.45, 7) is 10.5. The maximum atomic E-state index is 13.1. The topological polar surface area (TPSA) is 109 Å². The molecule has 3 atom stereocenters. The number of fused-ring (bicyclic) bond motifs is 1. The molecule has 0 fully saturated rings. The third kappa shape index (κ3) is 4.31. The fourth-order valence-electron chi connectivity index (χ4n) is 4.71. The first-order chi connectivity index (χ1) is 13.9. The summed E-state index contributed by atoms with van der Waals surface area (Å²) >= 11 is 1.42. The van der Waals surface area contributed by atoms with Gasteiger partial charge in [-0.1, -0.05) is 31.9 Å². The zero-order valence-electron chi connectivity index (χ0n) is 18.4. The molecule has 2 aliphatic carbocycles. The monoisotopic (exact) mass is 432 g/mol. The number of nitrogens with two attached hydrogens (primary N) is 1. The lowest BCUT2D eigenvalue weighted by atomic mass is 9.72. The smallest absolute Gasteiger partial charge is 0.307 e. The van der Waals surface area contributed by atoms with Gasteiger partial charge in [-0.25, -0.2) is 0 Å². The standard InChI is InChI=1S/C23H32N2O4S/c1-11-8-15(16(22(28)29)9-12(11)2)20(27)25-21-18(19(24)26)14-7-6-13(23(3,4)5)10-17(14)30-21/h13,15-16H,6-10H2,1-5H3,(H2,24,26)(H,25,27)(H,28,29). The van der Waals surface area contributed by atoms with Crippen LogP contribution < -0.4 is 11.1 Å². The molecule has 30 heavy (non-hydrogen) atoms. The number of amides is 2. The van der Waals surface area contributed by atoms with E-state index in [-0.39, 0.29) is 11.3 Å². The summed E-state index contributed by atoms with van der Waals surface area (Å²) in [5.41, 5.74) is 9.30. The molecule has 4 N–H and O–H groups in total. The van der Waals surface area contributed by atoms with Gasteiger partial charge in [0.1, 0.15) is 5.00 Å². The normalized spacial score (nSPS) is 24.4.